The van der Waals surface area contributed by atoms with Crippen LogP contribution in [-0.2, 0) is 7.05 Å². The molecule has 0 unspecified atom stereocenters. The van der Waals surface area contributed by atoms with E-state index in [4.69, 9.17) is 0 Å². The molecule has 6 nitrogen and oxygen atoms in total. The van der Waals surface area contributed by atoms with Crippen molar-refractivity contribution in [3.05, 3.63) is 66.6 Å². The van der Waals surface area contributed by atoms with Gasteiger partial charge in [-0.05, 0) is 18.2 Å². The first-order chi connectivity index (χ1) is 11.7. The van der Waals surface area contributed by atoms with Gasteiger partial charge in [0.2, 0.25) is 0 Å². The Bertz CT molecular complexity index is 1020. The van der Waals surface area contributed by atoms with E-state index in [2.05, 4.69) is 20.4 Å². The monoisotopic (exact) mass is 317 g/mol. The summed E-state index contributed by atoms with van der Waals surface area (Å²) in [6, 6.07) is 15.2. The first-order valence-corrected chi connectivity index (χ1v) is 7.54. The molecule has 2 aromatic heterocycles. The maximum atomic E-state index is 12.6. The Morgan fingerprint density at radius 2 is 2.00 bits per heavy atom. The summed E-state index contributed by atoms with van der Waals surface area (Å²) in [4.78, 5) is 19.8. The fraction of sp³-hybridized carbons (Fsp3) is 0.0556. The number of benzene rings is 2. The van der Waals surface area contributed by atoms with Gasteiger partial charge in [0, 0.05) is 18.2 Å². The lowest BCUT2D eigenvalue weighted by atomic mass is 10.1. The number of imidazole rings is 1. The van der Waals surface area contributed by atoms with Crippen molar-refractivity contribution >= 4 is 22.6 Å². The van der Waals surface area contributed by atoms with E-state index in [9.17, 15) is 4.79 Å². The Hall–Kier alpha value is -3.41. The summed E-state index contributed by atoms with van der Waals surface area (Å²) in [6.07, 6.45) is 3.27. The average molecular weight is 317 g/mol. The number of anilines is 1. The highest BCUT2D eigenvalue weighted by molar-refractivity contribution is 6.07. The molecule has 0 saturated carbocycles. The van der Waals surface area contributed by atoms with Gasteiger partial charge in [0.25, 0.3) is 5.91 Å². The maximum absolute atomic E-state index is 12.6. The second-order valence-electron chi connectivity index (χ2n) is 5.49. The van der Waals surface area contributed by atoms with Gasteiger partial charge in [-0.25, -0.2) is 4.98 Å². The van der Waals surface area contributed by atoms with Crippen LogP contribution in [0.2, 0.25) is 0 Å². The first kappa shape index (κ1) is 14.2. The molecule has 0 radical (unpaired) electrons. The summed E-state index contributed by atoms with van der Waals surface area (Å²) >= 11 is 0. The zero-order valence-electron chi connectivity index (χ0n) is 13.0. The number of aromatic amines is 1. The summed E-state index contributed by atoms with van der Waals surface area (Å²) in [7, 11) is 1.86. The van der Waals surface area contributed by atoms with Crippen molar-refractivity contribution in [2.24, 2.45) is 7.05 Å². The molecular formula is C18H15N5O. The number of hydrogen-bond donors (Lipinski definition) is 2. The van der Waals surface area contributed by atoms with Gasteiger partial charge in [-0.15, -0.1) is 0 Å². The number of amides is 1. The molecule has 0 saturated heterocycles. The Morgan fingerprint density at radius 3 is 2.83 bits per heavy atom. The van der Waals surface area contributed by atoms with E-state index in [1.165, 1.54) is 0 Å². The van der Waals surface area contributed by atoms with E-state index in [-0.39, 0.29) is 5.91 Å². The second kappa shape index (κ2) is 5.66. The molecule has 0 fully saturated rings. The van der Waals surface area contributed by atoms with E-state index < -0.39 is 0 Å². The number of hydrogen-bond acceptors (Lipinski definition) is 3. The fourth-order valence-electron chi connectivity index (χ4n) is 2.74. The van der Waals surface area contributed by atoms with E-state index in [0.29, 0.717) is 11.3 Å². The molecule has 0 aliphatic heterocycles. The number of rotatable bonds is 3. The van der Waals surface area contributed by atoms with Gasteiger partial charge in [0.15, 0.2) is 0 Å². The van der Waals surface area contributed by atoms with Gasteiger partial charge in [0.1, 0.15) is 0 Å². The van der Waals surface area contributed by atoms with Crippen molar-refractivity contribution < 1.29 is 4.79 Å². The van der Waals surface area contributed by atoms with E-state index in [0.717, 1.165) is 22.3 Å². The van der Waals surface area contributed by atoms with Gasteiger partial charge < -0.3 is 10.3 Å². The number of aryl methyl sites for hydroxylation is 1. The maximum Gasteiger partial charge on any atom is 0.255 e. The summed E-state index contributed by atoms with van der Waals surface area (Å²) in [5.74, 6) is -0.184. The number of nitrogens with one attached hydrogen (secondary N) is 2. The zero-order valence-corrected chi connectivity index (χ0v) is 13.0. The number of aromatic nitrogens is 4. The lowest BCUT2D eigenvalue weighted by molar-refractivity contribution is 0.102. The van der Waals surface area contributed by atoms with Crippen molar-refractivity contribution in [2.75, 3.05) is 5.32 Å². The first-order valence-electron chi connectivity index (χ1n) is 7.54. The van der Waals surface area contributed by atoms with Crippen LogP contribution < -0.4 is 5.32 Å². The number of fused-ring (bicyclic) bond motifs is 1. The molecule has 0 bridgehead atoms. The van der Waals surface area contributed by atoms with Gasteiger partial charge in [-0.3, -0.25) is 9.48 Å². The van der Waals surface area contributed by atoms with Crippen LogP contribution in [0.4, 0.5) is 5.69 Å². The van der Waals surface area contributed by atoms with Crippen molar-refractivity contribution in [1.29, 1.82) is 0 Å². The summed E-state index contributed by atoms with van der Waals surface area (Å²) < 4.78 is 1.75. The van der Waals surface area contributed by atoms with Gasteiger partial charge in [0.05, 0.1) is 34.9 Å². The molecule has 6 heteroatoms. The number of nitrogens with zero attached hydrogens (tertiary/aromatic N) is 3. The lowest BCUT2D eigenvalue weighted by Gasteiger charge is -2.08. The molecule has 2 N–H and O–H groups in total. The smallest absolute Gasteiger partial charge is 0.255 e. The van der Waals surface area contributed by atoms with Crippen molar-refractivity contribution in [2.45, 2.75) is 0 Å². The molecule has 4 aromatic rings. The van der Waals surface area contributed by atoms with E-state index in [1.807, 2.05) is 43.4 Å². The standard InChI is InChI=1S/C18H15N5O/c1-23-17(12-5-3-2-4-6-12)16(10-21-23)22-18(24)13-7-8-14-15(9-13)20-11-19-14/h2-11H,1H3,(H,19,20)(H,22,24). The van der Waals surface area contributed by atoms with Gasteiger partial charge in [-0.2, -0.15) is 5.10 Å². The summed E-state index contributed by atoms with van der Waals surface area (Å²) in [5, 5.41) is 7.21. The third-order valence-electron chi connectivity index (χ3n) is 3.92. The van der Waals surface area contributed by atoms with Gasteiger partial charge in [-0.1, -0.05) is 30.3 Å². The van der Waals surface area contributed by atoms with Crippen LogP contribution in [0.3, 0.4) is 0 Å². The van der Waals surface area contributed by atoms with E-state index >= 15 is 0 Å². The third kappa shape index (κ3) is 2.44. The minimum Gasteiger partial charge on any atom is -0.345 e. The predicted molar refractivity (Wildman–Crippen MR) is 92.7 cm³/mol. The molecule has 24 heavy (non-hydrogen) atoms. The van der Waals surface area contributed by atoms with Crippen LogP contribution in [0.5, 0.6) is 0 Å². The Labute approximate surface area is 138 Å². The van der Waals surface area contributed by atoms with Crippen molar-refractivity contribution in [3.63, 3.8) is 0 Å². The van der Waals surface area contributed by atoms with Crippen molar-refractivity contribution in [1.82, 2.24) is 19.7 Å². The highest BCUT2D eigenvalue weighted by Gasteiger charge is 2.15. The minimum absolute atomic E-state index is 0.184. The minimum atomic E-state index is -0.184. The molecule has 0 aliphatic rings. The van der Waals surface area contributed by atoms with Crippen LogP contribution in [0, 0.1) is 0 Å². The molecular weight excluding hydrogens is 302 g/mol. The SMILES string of the molecule is Cn1ncc(NC(=O)c2ccc3nc[nH]c3c2)c1-c1ccccc1. The number of H-pyrrole nitrogens is 1. The van der Waals surface area contributed by atoms with Gasteiger partial charge >= 0.3 is 0 Å². The van der Waals surface area contributed by atoms with Crippen LogP contribution in [0.25, 0.3) is 22.3 Å². The molecule has 0 aliphatic carbocycles. The third-order valence-corrected chi connectivity index (χ3v) is 3.92. The number of carbonyl (C=O) groups is 1. The molecule has 2 aromatic carbocycles. The largest absolute Gasteiger partial charge is 0.345 e. The zero-order chi connectivity index (χ0) is 16.5. The Kier molecular flexibility index (Phi) is 3.35. The van der Waals surface area contributed by atoms with Crippen molar-refractivity contribution in [3.8, 4) is 11.3 Å². The molecule has 118 valence electrons. The summed E-state index contributed by atoms with van der Waals surface area (Å²) in [5.41, 5.74) is 4.77. The normalized spacial score (nSPS) is 10.9. The quantitative estimate of drug-likeness (QED) is 0.609. The molecule has 4 rings (SSSR count). The highest BCUT2D eigenvalue weighted by atomic mass is 16.1. The number of carbonyl (C=O) groups excluding carboxylic acids is 1. The van der Waals surface area contributed by atoms with Crippen LogP contribution in [-0.4, -0.2) is 25.7 Å². The van der Waals surface area contributed by atoms with Crippen LogP contribution in [0.1, 0.15) is 10.4 Å². The fourth-order valence-corrected chi connectivity index (χ4v) is 2.74. The topological polar surface area (TPSA) is 75.6 Å². The van der Waals surface area contributed by atoms with Crippen LogP contribution >= 0.6 is 0 Å². The molecule has 0 atom stereocenters. The molecule has 1 amide bonds. The lowest BCUT2D eigenvalue weighted by Crippen LogP contribution is -2.12. The summed E-state index contributed by atoms with van der Waals surface area (Å²) in [6.45, 7) is 0. The van der Waals surface area contributed by atoms with Crippen LogP contribution in [0.15, 0.2) is 61.1 Å². The second-order valence-corrected chi connectivity index (χ2v) is 5.49. The average Bonchev–Trinajstić information content (AvgIpc) is 3.21. The molecule has 0 spiro atoms. The Morgan fingerprint density at radius 1 is 1.17 bits per heavy atom. The highest BCUT2D eigenvalue weighted by Crippen LogP contribution is 2.27. The Balaban J connectivity index is 1.67. The molecule has 2 heterocycles. The van der Waals surface area contributed by atoms with E-state index in [1.54, 1.807) is 29.3 Å². The predicted octanol–water partition coefficient (Wildman–Crippen LogP) is 3.22.